The van der Waals surface area contributed by atoms with Gasteiger partial charge in [0.05, 0.1) is 11.1 Å². The quantitative estimate of drug-likeness (QED) is 0.308. The molecule has 0 atom stereocenters. The number of benzene rings is 2. The van der Waals surface area contributed by atoms with Crippen molar-refractivity contribution in [1.82, 2.24) is 5.43 Å². The highest BCUT2D eigenvalue weighted by Crippen LogP contribution is 2.23. The van der Waals surface area contributed by atoms with Crippen LogP contribution in [0.15, 0.2) is 41.5 Å². The number of rotatable bonds is 9. The van der Waals surface area contributed by atoms with Gasteiger partial charge in [0.25, 0.3) is 5.69 Å². The maximum Gasteiger partial charge on any atom is 0.270 e. The fraction of sp³-hybridized carbons (Fsp3) is 0.300. The summed E-state index contributed by atoms with van der Waals surface area (Å²) in [6, 6.07) is 10.2. The van der Waals surface area contributed by atoms with Gasteiger partial charge in [-0.25, -0.2) is 5.43 Å². The highest BCUT2D eigenvalue weighted by molar-refractivity contribution is 5.85. The summed E-state index contributed by atoms with van der Waals surface area (Å²) in [5.41, 5.74) is 4.86. The minimum atomic E-state index is -0.508. The molecule has 148 valence electrons. The lowest BCUT2D eigenvalue weighted by atomic mass is 10.1. The Labute approximate surface area is 163 Å². The zero-order valence-corrected chi connectivity index (χ0v) is 16.1. The number of nitro groups is 1. The number of nitrogens with zero attached hydrogens (tertiary/aromatic N) is 2. The third kappa shape index (κ3) is 6.39. The standard InChI is InChI=1S/C20H23N3O5/c1-4-16-9-14(2)10-19(11-16)27-7-8-28-20-6-5-18(23(25)26)12-17(20)13-21-22-15(3)24/h5-6,9-13H,4,7-8H2,1-3H3,(H,22,24)/b21-13-. The summed E-state index contributed by atoms with van der Waals surface area (Å²) in [6.45, 7) is 5.97. The summed E-state index contributed by atoms with van der Waals surface area (Å²) in [5.74, 6) is 0.834. The molecule has 0 spiro atoms. The van der Waals surface area contributed by atoms with Crippen molar-refractivity contribution in [2.45, 2.75) is 27.2 Å². The smallest absolute Gasteiger partial charge is 0.270 e. The van der Waals surface area contributed by atoms with Crippen molar-refractivity contribution in [3.05, 3.63) is 63.2 Å². The third-order valence-corrected chi connectivity index (χ3v) is 3.76. The molecule has 2 rings (SSSR count). The molecule has 0 saturated carbocycles. The predicted molar refractivity (Wildman–Crippen MR) is 106 cm³/mol. The molecule has 2 aromatic rings. The summed E-state index contributed by atoms with van der Waals surface area (Å²) in [7, 11) is 0. The first-order chi connectivity index (χ1) is 13.4. The fourth-order valence-electron chi connectivity index (χ4n) is 2.50. The SMILES string of the molecule is CCc1cc(C)cc(OCCOc2ccc([N+](=O)[O-])cc2/C=N\NC(C)=O)c1. The van der Waals surface area contributed by atoms with Crippen molar-refractivity contribution < 1.29 is 19.2 Å². The number of nitro benzene ring substituents is 1. The van der Waals surface area contributed by atoms with Crippen molar-refractivity contribution in [1.29, 1.82) is 0 Å². The molecule has 0 fully saturated rings. The number of carbonyl (C=O) groups is 1. The molecule has 8 nitrogen and oxygen atoms in total. The summed E-state index contributed by atoms with van der Waals surface area (Å²) in [6.07, 6.45) is 2.23. The van der Waals surface area contributed by atoms with Gasteiger partial charge in [-0.1, -0.05) is 13.0 Å². The largest absolute Gasteiger partial charge is 0.490 e. The van der Waals surface area contributed by atoms with Crippen LogP contribution < -0.4 is 14.9 Å². The maximum atomic E-state index is 11.0. The van der Waals surface area contributed by atoms with E-state index in [4.69, 9.17) is 9.47 Å². The van der Waals surface area contributed by atoms with Crippen molar-refractivity contribution >= 4 is 17.8 Å². The molecule has 0 radical (unpaired) electrons. The molecule has 0 saturated heterocycles. The Morgan fingerprint density at radius 1 is 1.21 bits per heavy atom. The van der Waals surface area contributed by atoms with Gasteiger partial charge < -0.3 is 9.47 Å². The van der Waals surface area contributed by atoms with Crippen molar-refractivity contribution in [2.24, 2.45) is 5.10 Å². The van der Waals surface area contributed by atoms with E-state index in [0.29, 0.717) is 17.9 Å². The minimum Gasteiger partial charge on any atom is -0.490 e. The number of ether oxygens (including phenoxy) is 2. The van der Waals surface area contributed by atoms with Crippen LogP contribution in [-0.4, -0.2) is 30.3 Å². The summed E-state index contributed by atoms with van der Waals surface area (Å²) in [5, 5.41) is 14.7. The zero-order chi connectivity index (χ0) is 20.5. The molecular weight excluding hydrogens is 362 g/mol. The topological polar surface area (TPSA) is 103 Å². The van der Waals surface area contributed by atoms with Crippen LogP contribution in [-0.2, 0) is 11.2 Å². The van der Waals surface area contributed by atoms with Gasteiger partial charge in [-0.15, -0.1) is 0 Å². The van der Waals surface area contributed by atoms with Gasteiger partial charge in [-0.2, -0.15) is 5.10 Å². The molecule has 0 aromatic heterocycles. The third-order valence-electron chi connectivity index (χ3n) is 3.76. The normalized spacial score (nSPS) is 10.7. The van der Waals surface area contributed by atoms with E-state index in [0.717, 1.165) is 17.7 Å². The molecular formula is C20H23N3O5. The second-order valence-corrected chi connectivity index (χ2v) is 6.11. The second-order valence-electron chi connectivity index (χ2n) is 6.11. The van der Waals surface area contributed by atoms with Gasteiger partial charge in [0.15, 0.2) is 0 Å². The summed E-state index contributed by atoms with van der Waals surface area (Å²) >= 11 is 0. The molecule has 0 aliphatic heterocycles. The van der Waals surface area contributed by atoms with E-state index >= 15 is 0 Å². The minimum absolute atomic E-state index is 0.0975. The summed E-state index contributed by atoms with van der Waals surface area (Å²) < 4.78 is 11.4. The Bertz CT molecular complexity index is 880. The first-order valence-electron chi connectivity index (χ1n) is 8.83. The lowest BCUT2D eigenvalue weighted by molar-refractivity contribution is -0.384. The molecule has 0 unspecified atom stereocenters. The van der Waals surface area contributed by atoms with Gasteiger partial charge in [-0.05, 0) is 42.7 Å². The first-order valence-corrected chi connectivity index (χ1v) is 8.83. The number of amides is 1. The Balaban J connectivity index is 2.02. The number of hydrazone groups is 1. The molecule has 0 aliphatic rings. The number of non-ortho nitro benzene ring substituents is 1. The molecule has 1 amide bonds. The Morgan fingerprint density at radius 2 is 1.96 bits per heavy atom. The average Bonchev–Trinajstić information content (AvgIpc) is 2.65. The Kier molecular flexibility index (Phi) is 7.50. The first kappa shape index (κ1) is 20.9. The molecule has 1 N–H and O–H groups in total. The Morgan fingerprint density at radius 3 is 2.64 bits per heavy atom. The van der Waals surface area contributed by atoms with Gasteiger partial charge in [0, 0.05) is 24.6 Å². The van der Waals surface area contributed by atoms with Crippen LogP contribution in [0.3, 0.4) is 0 Å². The van der Waals surface area contributed by atoms with E-state index in [-0.39, 0.29) is 18.2 Å². The van der Waals surface area contributed by atoms with Crippen molar-refractivity contribution in [3.63, 3.8) is 0 Å². The number of carbonyl (C=O) groups excluding carboxylic acids is 1. The number of hydrogen-bond acceptors (Lipinski definition) is 6. The number of aryl methyl sites for hydroxylation is 2. The molecule has 0 heterocycles. The van der Waals surface area contributed by atoms with E-state index in [9.17, 15) is 14.9 Å². The highest BCUT2D eigenvalue weighted by atomic mass is 16.6. The van der Waals surface area contributed by atoms with E-state index in [2.05, 4.69) is 23.5 Å². The van der Waals surface area contributed by atoms with Crippen LogP contribution in [0.1, 0.15) is 30.5 Å². The monoisotopic (exact) mass is 385 g/mol. The van der Waals surface area contributed by atoms with Crippen LogP contribution >= 0.6 is 0 Å². The lowest BCUT2D eigenvalue weighted by Gasteiger charge is -2.11. The van der Waals surface area contributed by atoms with Gasteiger partial charge in [-0.3, -0.25) is 14.9 Å². The molecule has 0 bridgehead atoms. The zero-order valence-electron chi connectivity index (χ0n) is 16.1. The van der Waals surface area contributed by atoms with Crippen molar-refractivity contribution in [2.75, 3.05) is 13.2 Å². The molecule has 28 heavy (non-hydrogen) atoms. The van der Waals surface area contributed by atoms with Gasteiger partial charge >= 0.3 is 0 Å². The van der Waals surface area contributed by atoms with E-state index in [1.165, 1.54) is 36.9 Å². The van der Waals surface area contributed by atoms with Crippen LogP contribution in [0.5, 0.6) is 11.5 Å². The molecule has 0 aliphatic carbocycles. The molecule has 2 aromatic carbocycles. The number of nitrogens with one attached hydrogen (secondary N) is 1. The fourth-order valence-corrected chi connectivity index (χ4v) is 2.50. The van der Waals surface area contributed by atoms with E-state index in [1.807, 2.05) is 19.1 Å². The average molecular weight is 385 g/mol. The number of hydrogen-bond donors (Lipinski definition) is 1. The van der Waals surface area contributed by atoms with Crippen molar-refractivity contribution in [3.8, 4) is 11.5 Å². The molecule has 8 heteroatoms. The second kappa shape index (κ2) is 10.1. The predicted octanol–water partition coefficient (Wildman–Crippen LogP) is 3.39. The lowest BCUT2D eigenvalue weighted by Crippen LogP contribution is -2.13. The Hall–Kier alpha value is -3.42. The van der Waals surface area contributed by atoms with Crippen LogP contribution in [0.25, 0.3) is 0 Å². The highest BCUT2D eigenvalue weighted by Gasteiger charge is 2.11. The van der Waals surface area contributed by atoms with Crippen LogP contribution in [0, 0.1) is 17.0 Å². The van der Waals surface area contributed by atoms with Crippen LogP contribution in [0.4, 0.5) is 5.69 Å². The van der Waals surface area contributed by atoms with Gasteiger partial charge in [0.1, 0.15) is 24.7 Å². The van der Waals surface area contributed by atoms with Crippen LogP contribution in [0.2, 0.25) is 0 Å². The van der Waals surface area contributed by atoms with E-state index in [1.54, 1.807) is 0 Å². The van der Waals surface area contributed by atoms with Gasteiger partial charge in [0.2, 0.25) is 5.91 Å². The maximum absolute atomic E-state index is 11.0. The van der Waals surface area contributed by atoms with E-state index < -0.39 is 4.92 Å². The summed E-state index contributed by atoms with van der Waals surface area (Å²) in [4.78, 5) is 21.4.